The van der Waals surface area contributed by atoms with Crippen LogP contribution in [0.4, 0.5) is 18.9 Å². The average molecular weight is 503 g/mol. The number of hydrogen-bond acceptors (Lipinski definition) is 4. The van der Waals surface area contributed by atoms with Gasteiger partial charge in [-0.15, -0.1) is 37.1 Å². The third-order valence-corrected chi connectivity index (χ3v) is 3.41. The number of guanidine groups is 1. The van der Waals surface area contributed by atoms with Crippen molar-refractivity contribution in [3.8, 4) is 5.75 Å². The first kappa shape index (κ1) is 25.3. The lowest BCUT2D eigenvalue weighted by molar-refractivity contribution is -0.274. The van der Waals surface area contributed by atoms with Gasteiger partial charge in [0.2, 0.25) is 0 Å². The number of nitrogens with two attached hydrogens (primary N) is 1. The molecule has 0 saturated heterocycles. The number of anilines is 1. The largest absolute Gasteiger partial charge is 0.573 e. The second-order valence-electron chi connectivity index (χ2n) is 5.56. The molecule has 0 heterocycles. The number of nitrogens with zero attached hydrogens (tertiary/aromatic N) is 1. The van der Waals surface area contributed by atoms with Gasteiger partial charge in [0.15, 0.2) is 5.96 Å². The number of esters is 1. The topological polar surface area (TPSA) is 85.9 Å². The van der Waals surface area contributed by atoms with Crippen LogP contribution in [-0.4, -0.2) is 31.9 Å². The van der Waals surface area contributed by atoms with Gasteiger partial charge in [-0.2, -0.15) is 0 Å². The molecule has 1 aromatic carbocycles. The second kappa shape index (κ2) is 13.4. The fourth-order valence-electron chi connectivity index (χ4n) is 2.14. The van der Waals surface area contributed by atoms with Crippen molar-refractivity contribution < 1.29 is 27.4 Å². The van der Waals surface area contributed by atoms with Crippen LogP contribution in [0.2, 0.25) is 0 Å². The van der Waals surface area contributed by atoms with Gasteiger partial charge >= 0.3 is 12.3 Å². The predicted molar refractivity (Wildman–Crippen MR) is 108 cm³/mol. The average Bonchev–Trinajstić information content (AvgIpc) is 2.57. The predicted octanol–water partition coefficient (Wildman–Crippen LogP) is 4.44. The standard InChI is InChI=1S/C17H24F3N3O3.HI/c1-25-15(24)7-5-3-2-4-6-12-22-16(21)23-13-8-10-14(11-9-13)26-17(18,19)20;/h8-11H,2-7,12H2,1H3,(H3,21,22,23);1H. The van der Waals surface area contributed by atoms with Gasteiger partial charge in [-0.3, -0.25) is 9.79 Å². The Labute approximate surface area is 173 Å². The molecule has 27 heavy (non-hydrogen) atoms. The van der Waals surface area contributed by atoms with E-state index in [1.165, 1.54) is 31.4 Å². The van der Waals surface area contributed by atoms with Crippen LogP contribution in [0.25, 0.3) is 0 Å². The summed E-state index contributed by atoms with van der Waals surface area (Å²) in [6.07, 6.45) is 0.334. The molecular formula is C17H25F3IN3O3. The van der Waals surface area contributed by atoms with Crippen molar-refractivity contribution in [2.24, 2.45) is 10.7 Å². The van der Waals surface area contributed by atoms with Crippen LogP contribution in [0.15, 0.2) is 29.3 Å². The van der Waals surface area contributed by atoms with Gasteiger partial charge in [0.25, 0.3) is 0 Å². The van der Waals surface area contributed by atoms with Crippen LogP contribution in [0.1, 0.15) is 38.5 Å². The Kier molecular flexibility index (Phi) is 12.6. The summed E-state index contributed by atoms with van der Waals surface area (Å²) < 4.78 is 44.6. The Hall–Kier alpha value is -1.72. The Bertz CT molecular complexity index is 581. The summed E-state index contributed by atoms with van der Waals surface area (Å²) in [4.78, 5) is 15.1. The molecule has 0 radical (unpaired) electrons. The highest BCUT2D eigenvalue weighted by Crippen LogP contribution is 2.23. The fraction of sp³-hybridized carbons (Fsp3) is 0.529. The maximum absolute atomic E-state index is 12.1. The Balaban J connectivity index is 0.00000676. The molecule has 0 fully saturated rings. The Morgan fingerprint density at radius 1 is 1.11 bits per heavy atom. The molecule has 154 valence electrons. The van der Waals surface area contributed by atoms with Gasteiger partial charge in [0.05, 0.1) is 7.11 Å². The van der Waals surface area contributed by atoms with E-state index in [9.17, 15) is 18.0 Å². The molecule has 10 heteroatoms. The van der Waals surface area contributed by atoms with E-state index in [4.69, 9.17) is 5.73 Å². The van der Waals surface area contributed by atoms with Crippen LogP contribution in [0.3, 0.4) is 0 Å². The highest BCUT2D eigenvalue weighted by Gasteiger charge is 2.30. The van der Waals surface area contributed by atoms with E-state index in [2.05, 4.69) is 19.8 Å². The highest BCUT2D eigenvalue weighted by atomic mass is 127. The molecule has 0 amide bonds. The van der Waals surface area contributed by atoms with Gasteiger partial charge in [-0.1, -0.05) is 19.3 Å². The monoisotopic (exact) mass is 503 g/mol. The third-order valence-electron chi connectivity index (χ3n) is 3.41. The van der Waals surface area contributed by atoms with Crippen molar-refractivity contribution >= 4 is 41.6 Å². The molecule has 0 aromatic heterocycles. The van der Waals surface area contributed by atoms with Gasteiger partial charge in [0.1, 0.15) is 5.75 Å². The zero-order chi connectivity index (χ0) is 19.4. The van der Waals surface area contributed by atoms with E-state index < -0.39 is 6.36 Å². The molecule has 1 rings (SSSR count). The number of aliphatic imine (C=N–C) groups is 1. The number of alkyl halides is 3. The minimum absolute atomic E-state index is 0. The van der Waals surface area contributed by atoms with Crippen LogP contribution >= 0.6 is 24.0 Å². The van der Waals surface area contributed by atoms with E-state index in [-0.39, 0.29) is 41.7 Å². The number of benzene rings is 1. The van der Waals surface area contributed by atoms with Crippen LogP contribution in [0.5, 0.6) is 5.75 Å². The first-order valence-corrected chi connectivity index (χ1v) is 8.30. The second-order valence-corrected chi connectivity index (χ2v) is 5.56. The summed E-state index contributed by atoms with van der Waals surface area (Å²) in [5.74, 6) is -0.294. The van der Waals surface area contributed by atoms with Crippen LogP contribution < -0.4 is 15.8 Å². The summed E-state index contributed by atoms with van der Waals surface area (Å²) in [7, 11) is 1.38. The lowest BCUT2D eigenvalue weighted by Gasteiger charge is -2.10. The van der Waals surface area contributed by atoms with Gasteiger partial charge in [0, 0.05) is 18.7 Å². The molecule has 0 bridgehead atoms. The quantitative estimate of drug-likeness (QED) is 0.162. The van der Waals surface area contributed by atoms with Crippen molar-refractivity contribution in [1.29, 1.82) is 0 Å². The molecule has 1 aromatic rings. The first-order valence-electron chi connectivity index (χ1n) is 8.30. The van der Waals surface area contributed by atoms with Crippen molar-refractivity contribution in [3.05, 3.63) is 24.3 Å². The molecule has 0 aliphatic carbocycles. The molecular weight excluding hydrogens is 478 g/mol. The summed E-state index contributed by atoms with van der Waals surface area (Å²) in [6, 6.07) is 5.23. The smallest absolute Gasteiger partial charge is 0.469 e. The van der Waals surface area contributed by atoms with Crippen molar-refractivity contribution in [2.75, 3.05) is 19.0 Å². The molecule has 0 unspecified atom stereocenters. The van der Waals surface area contributed by atoms with E-state index in [0.717, 1.165) is 32.1 Å². The Morgan fingerprint density at radius 2 is 1.70 bits per heavy atom. The zero-order valence-electron chi connectivity index (χ0n) is 15.1. The number of carbonyl (C=O) groups excluding carboxylic acids is 1. The molecule has 0 aliphatic heterocycles. The summed E-state index contributed by atoms with van der Waals surface area (Å²) in [5.41, 5.74) is 6.25. The molecule has 0 atom stereocenters. The van der Waals surface area contributed by atoms with Crippen LogP contribution in [-0.2, 0) is 9.53 Å². The van der Waals surface area contributed by atoms with Gasteiger partial charge in [-0.25, -0.2) is 0 Å². The molecule has 3 N–H and O–H groups in total. The number of ether oxygens (including phenoxy) is 2. The number of nitrogens with one attached hydrogen (secondary N) is 1. The highest BCUT2D eigenvalue weighted by molar-refractivity contribution is 14.0. The summed E-state index contributed by atoms with van der Waals surface area (Å²) in [5, 5.41) is 2.80. The SMILES string of the molecule is COC(=O)CCCCCCCN=C(N)Nc1ccc(OC(F)(F)F)cc1.I. The van der Waals surface area contributed by atoms with Crippen molar-refractivity contribution in [1.82, 2.24) is 0 Å². The summed E-state index contributed by atoms with van der Waals surface area (Å²) in [6.45, 7) is 0.547. The number of unbranched alkanes of at least 4 members (excludes halogenated alkanes) is 4. The Morgan fingerprint density at radius 3 is 2.30 bits per heavy atom. The van der Waals surface area contributed by atoms with Gasteiger partial charge < -0.3 is 20.5 Å². The third kappa shape index (κ3) is 13.1. The lowest BCUT2D eigenvalue weighted by Crippen LogP contribution is -2.23. The fourth-order valence-corrected chi connectivity index (χ4v) is 2.14. The normalized spacial score (nSPS) is 11.5. The van der Waals surface area contributed by atoms with Crippen molar-refractivity contribution in [3.63, 3.8) is 0 Å². The number of rotatable bonds is 10. The van der Waals surface area contributed by atoms with Crippen molar-refractivity contribution in [2.45, 2.75) is 44.9 Å². The number of carbonyl (C=O) groups is 1. The molecule has 0 spiro atoms. The first-order chi connectivity index (χ1) is 12.3. The number of hydrogen-bond donors (Lipinski definition) is 2. The molecule has 6 nitrogen and oxygen atoms in total. The molecule has 0 aliphatic rings. The van der Waals surface area contributed by atoms with E-state index in [0.29, 0.717) is 18.7 Å². The minimum atomic E-state index is -4.71. The van der Waals surface area contributed by atoms with Gasteiger partial charge in [-0.05, 0) is 37.1 Å². The number of halogens is 4. The lowest BCUT2D eigenvalue weighted by atomic mass is 10.1. The van der Waals surface area contributed by atoms with Crippen LogP contribution in [0, 0.1) is 0 Å². The van der Waals surface area contributed by atoms with E-state index in [1.54, 1.807) is 0 Å². The number of methoxy groups -OCH3 is 1. The maximum Gasteiger partial charge on any atom is 0.573 e. The van der Waals surface area contributed by atoms with E-state index in [1.807, 2.05) is 0 Å². The molecule has 0 saturated carbocycles. The maximum atomic E-state index is 12.1. The van der Waals surface area contributed by atoms with E-state index >= 15 is 0 Å². The zero-order valence-corrected chi connectivity index (χ0v) is 17.4. The summed E-state index contributed by atoms with van der Waals surface area (Å²) >= 11 is 0. The minimum Gasteiger partial charge on any atom is -0.469 e.